The molecule has 1 aliphatic carbocycles. The van der Waals surface area contributed by atoms with E-state index in [1.54, 1.807) is 74.8 Å². The Morgan fingerprint density at radius 2 is 1.31 bits per heavy atom. The molecule has 1 N–H and O–H groups in total. The molecule has 0 unspecified atom stereocenters. The maximum absolute atomic E-state index is 13.8. The molecule has 0 atom stereocenters. The number of hydrogen-bond acceptors (Lipinski definition) is 7. The Labute approximate surface area is 299 Å². The number of carbonyl (C=O) groups is 2. The van der Waals surface area contributed by atoms with Gasteiger partial charge in [-0.05, 0) is 47.5 Å². The topological polar surface area (TPSA) is 112 Å². The van der Waals surface area contributed by atoms with Gasteiger partial charge in [0.15, 0.2) is 21.4 Å². The van der Waals surface area contributed by atoms with Crippen LogP contribution in [0.25, 0.3) is 22.0 Å². The molecule has 0 amide bonds. The summed E-state index contributed by atoms with van der Waals surface area (Å²) in [6.07, 6.45) is 1.22. The second kappa shape index (κ2) is 16.3. The first kappa shape index (κ1) is 38.0. The Morgan fingerprint density at radius 3 is 1.90 bits per heavy atom. The molecule has 0 fully saturated rings. The van der Waals surface area contributed by atoms with Crippen LogP contribution < -0.4 is 15.6 Å². The van der Waals surface area contributed by atoms with Crippen molar-refractivity contribution in [2.75, 3.05) is 18.7 Å². The van der Waals surface area contributed by atoms with Crippen LogP contribution >= 0.6 is 0 Å². The van der Waals surface area contributed by atoms with Gasteiger partial charge in [-0.3, -0.25) is 14.4 Å². The number of aromatic nitrogens is 1. The van der Waals surface area contributed by atoms with Crippen LogP contribution in [-0.4, -0.2) is 37.9 Å². The van der Waals surface area contributed by atoms with Crippen LogP contribution in [0.3, 0.4) is 0 Å². The van der Waals surface area contributed by atoms with E-state index in [1.165, 1.54) is 10.8 Å². The van der Waals surface area contributed by atoms with Gasteiger partial charge in [0.25, 0.3) is 5.56 Å². The van der Waals surface area contributed by atoms with Crippen LogP contribution in [-0.2, 0) is 22.6 Å². The van der Waals surface area contributed by atoms with Gasteiger partial charge in [-0.1, -0.05) is 106 Å². The van der Waals surface area contributed by atoms with Gasteiger partial charge >= 0.3 is 0 Å². The Bertz CT molecular complexity index is 2350. The van der Waals surface area contributed by atoms with E-state index in [4.69, 9.17) is 4.74 Å². The lowest BCUT2D eigenvalue weighted by atomic mass is 9.80. The van der Waals surface area contributed by atoms with Crippen LogP contribution in [0.2, 0.25) is 0 Å². The van der Waals surface area contributed by atoms with E-state index in [9.17, 15) is 22.8 Å². The summed E-state index contributed by atoms with van der Waals surface area (Å²) in [5, 5.41) is 3.97. The van der Waals surface area contributed by atoms with Crippen molar-refractivity contribution in [2.45, 2.75) is 27.0 Å². The summed E-state index contributed by atoms with van der Waals surface area (Å²) in [7, 11) is 0.279. The molecule has 1 aliphatic rings. The fraction of sp³-hybridized carbons (Fsp3) is 0.167. The molecule has 0 aliphatic heterocycles. The molecule has 0 saturated carbocycles. The predicted molar refractivity (Wildman–Crippen MR) is 207 cm³/mol. The predicted octanol–water partition coefficient (Wildman–Crippen LogP) is 8.63. The number of methoxy groups -OCH3 is 1. The van der Waals surface area contributed by atoms with E-state index in [-0.39, 0.29) is 35.9 Å². The Kier molecular flexibility index (Phi) is 12.1. The SMILES string of the molecule is C.CC.COc1ccc(CS(C)(=O)=O)cc1.Cn1c(=O)c(C(=O)c2ccccc2)c2c3c(c(Nc4ccccc4)ccc31)C(=O)c1ccccc1-2. The summed E-state index contributed by atoms with van der Waals surface area (Å²) in [6.45, 7) is 4.00. The van der Waals surface area contributed by atoms with Gasteiger partial charge in [0.05, 0.1) is 35.2 Å². The van der Waals surface area contributed by atoms with Crippen LogP contribution in [0.15, 0.2) is 126 Å². The van der Waals surface area contributed by atoms with Crippen LogP contribution in [0.1, 0.15) is 58.7 Å². The monoisotopic (exact) mass is 702 g/mol. The molecular formula is C42H42N2O6S. The van der Waals surface area contributed by atoms with Crippen molar-refractivity contribution in [1.82, 2.24) is 4.57 Å². The number of nitrogens with one attached hydrogen (secondary N) is 1. The van der Waals surface area contributed by atoms with Gasteiger partial charge in [-0.2, -0.15) is 0 Å². The standard InChI is InChI=1S/C30H20N2O3.C9H12O3S.C2H6.CH4/c1-32-23-17-16-22(31-19-12-6-3-7-13-19)25-26(23)24(20-14-8-9-15-21(20)29(25)34)27(30(32)35)28(33)18-10-4-2-5-11-18;1-12-9-5-3-8(4-6-9)7-13(2,10)11;1-2;/h2-17,31H,1H3;3-6H,7H2,1-2H3;1-2H3;1H4. The van der Waals surface area contributed by atoms with Crippen LogP contribution in [0.4, 0.5) is 11.4 Å². The minimum absolute atomic E-state index is 0. The zero-order valence-electron chi connectivity index (χ0n) is 28.6. The third kappa shape index (κ3) is 8.00. The molecule has 5 aromatic carbocycles. The summed E-state index contributed by atoms with van der Waals surface area (Å²) < 4.78 is 28.3. The lowest BCUT2D eigenvalue weighted by Gasteiger charge is -2.25. The number of sulfone groups is 1. The van der Waals surface area contributed by atoms with Crippen molar-refractivity contribution in [3.63, 3.8) is 0 Å². The Hall–Kier alpha value is -5.80. The number of nitrogens with zero attached hydrogens (tertiary/aromatic N) is 1. The van der Waals surface area contributed by atoms with Crippen molar-refractivity contribution in [1.29, 1.82) is 0 Å². The number of carbonyl (C=O) groups excluding carboxylic acids is 2. The van der Waals surface area contributed by atoms with Gasteiger partial charge < -0.3 is 14.6 Å². The number of fused-ring (bicyclic) bond motifs is 2. The molecule has 8 nitrogen and oxygen atoms in total. The molecule has 0 spiro atoms. The van der Waals surface area contributed by atoms with Crippen molar-refractivity contribution in [3.8, 4) is 16.9 Å². The third-order valence-electron chi connectivity index (χ3n) is 8.14. The molecular weight excluding hydrogens is 661 g/mol. The number of hydrogen-bond donors (Lipinski definition) is 1. The summed E-state index contributed by atoms with van der Waals surface area (Å²) in [5.41, 5.74) is 5.00. The lowest BCUT2D eigenvalue weighted by molar-refractivity contribution is 0.102. The molecule has 1 aromatic heterocycles. The highest BCUT2D eigenvalue weighted by Gasteiger charge is 2.33. The minimum Gasteiger partial charge on any atom is -0.497 e. The normalized spacial score (nSPS) is 11.1. The number of aryl methyl sites for hydroxylation is 1. The number of ether oxygens (including phenoxy) is 1. The smallest absolute Gasteiger partial charge is 0.262 e. The number of para-hydroxylation sites is 1. The fourth-order valence-electron chi connectivity index (χ4n) is 5.92. The van der Waals surface area contributed by atoms with Crippen molar-refractivity contribution < 1.29 is 22.7 Å². The van der Waals surface area contributed by atoms with Crippen molar-refractivity contribution >= 4 is 43.7 Å². The van der Waals surface area contributed by atoms with Gasteiger partial charge in [0, 0.05) is 41.1 Å². The number of pyridine rings is 1. The largest absolute Gasteiger partial charge is 0.497 e. The molecule has 51 heavy (non-hydrogen) atoms. The Morgan fingerprint density at radius 1 is 0.745 bits per heavy atom. The van der Waals surface area contributed by atoms with Gasteiger partial charge in [-0.15, -0.1) is 0 Å². The van der Waals surface area contributed by atoms with Crippen LogP contribution in [0, 0.1) is 0 Å². The maximum atomic E-state index is 13.8. The fourth-order valence-corrected chi connectivity index (χ4v) is 6.72. The van der Waals surface area contributed by atoms with E-state index in [2.05, 4.69) is 5.32 Å². The molecule has 1 heterocycles. The Balaban J connectivity index is 0.000000309. The van der Waals surface area contributed by atoms with E-state index >= 15 is 0 Å². The molecule has 0 bridgehead atoms. The number of ketones is 2. The first-order valence-corrected chi connectivity index (χ1v) is 18.2. The second-order valence-electron chi connectivity index (χ2n) is 11.5. The molecule has 7 rings (SSSR count). The van der Waals surface area contributed by atoms with E-state index in [0.717, 1.165) is 17.0 Å². The lowest BCUT2D eigenvalue weighted by Crippen LogP contribution is -2.29. The molecule has 262 valence electrons. The zero-order chi connectivity index (χ0) is 36.0. The summed E-state index contributed by atoms with van der Waals surface area (Å²) in [5.74, 6) is 0.308. The minimum atomic E-state index is -2.94. The quantitative estimate of drug-likeness (QED) is 0.166. The van der Waals surface area contributed by atoms with Gasteiger partial charge in [-0.25, -0.2) is 8.42 Å². The van der Waals surface area contributed by atoms with E-state index in [1.807, 2.05) is 74.5 Å². The number of benzene rings is 5. The first-order valence-electron chi connectivity index (χ1n) is 16.1. The average Bonchev–Trinajstić information content (AvgIpc) is 3.13. The van der Waals surface area contributed by atoms with E-state index < -0.39 is 9.84 Å². The molecule has 9 heteroatoms. The van der Waals surface area contributed by atoms with Crippen LogP contribution in [0.5, 0.6) is 5.75 Å². The van der Waals surface area contributed by atoms with Gasteiger partial charge in [0.2, 0.25) is 0 Å². The number of anilines is 2. The summed E-state index contributed by atoms with van der Waals surface area (Å²) in [4.78, 5) is 41.2. The second-order valence-corrected chi connectivity index (χ2v) is 13.6. The highest BCUT2D eigenvalue weighted by molar-refractivity contribution is 7.89. The van der Waals surface area contributed by atoms with Gasteiger partial charge in [0.1, 0.15) is 5.75 Å². The van der Waals surface area contributed by atoms with Crippen molar-refractivity contribution in [2.24, 2.45) is 7.05 Å². The molecule has 0 radical (unpaired) electrons. The summed E-state index contributed by atoms with van der Waals surface area (Å²) >= 11 is 0. The third-order valence-corrected chi connectivity index (χ3v) is 8.99. The summed E-state index contributed by atoms with van der Waals surface area (Å²) in [6, 6.07) is 36.2. The van der Waals surface area contributed by atoms with E-state index in [0.29, 0.717) is 44.4 Å². The molecule has 0 saturated heterocycles. The average molecular weight is 703 g/mol. The highest BCUT2D eigenvalue weighted by Crippen LogP contribution is 2.44. The molecule has 6 aromatic rings. The van der Waals surface area contributed by atoms with Crippen molar-refractivity contribution in [3.05, 3.63) is 159 Å². The first-order chi connectivity index (χ1) is 24.1. The maximum Gasteiger partial charge on any atom is 0.262 e. The highest BCUT2D eigenvalue weighted by atomic mass is 32.2. The zero-order valence-corrected chi connectivity index (χ0v) is 29.4. The number of rotatable bonds is 7.